The van der Waals surface area contributed by atoms with Crippen molar-refractivity contribution in [3.8, 4) is 0 Å². The molecule has 62 heavy (non-hydrogen) atoms. The Labute approximate surface area is 387 Å². The van der Waals surface area contributed by atoms with Gasteiger partial charge in [0, 0.05) is 19.3 Å². The molecule has 0 radical (unpaired) electrons. The average molecular weight is 877 g/mol. The van der Waals surface area contributed by atoms with Crippen molar-refractivity contribution < 1.29 is 28.6 Å². The van der Waals surface area contributed by atoms with Gasteiger partial charge < -0.3 is 14.2 Å². The zero-order chi connectivity index (χ0) is 45.4. The summed E-state index contributed by atoms with van der Waals surface area (Å²) in [5.41, 5.74) is 0. The predicted molar refractivity (Wildman–Crippen MR) is 266 cm³/mol. The molecule has 6 nitrogen and oxygen atoms in total. The molecule has 0 saturated heterocycles. The summed E-state index contributed by atoms with van der Waals surface area (Å²) in [6.07, 6.45) is 51.0. The minimum Gasteiger partial charge on any atom is -0.462 e. The SMILES string of the molecule is CCCCCCCCCCCCCCCCC(=O)OC[C@@H](COC(=O)CCCCCCCCCCC(C)C)OC(=O)CCCCCCCCCCCCCCCCCCC(C)C. The number of esters is 3. The molecule has 0 unspecified atom stereocenters. The van der Waals surface area contributed by atoms with Gasteiger partial charge in [-0.25, -0.2) is 0 Å². The van der Waals surface area contributed by atoms with Crippen molar-refractivity contribution in [2.45, 2.75) is 317 Å². The first-order chi connectivity index (χ1) is 30.2. The first-order valence-electron chi connectivity index (χ1n) is 27.7. The van der Waals surface area contributed by atoms with E-state index in [-0.39, 0.29) is 31.1 Å². The summed E-state index contributed by atoms with van der Waals surface area (Å²) in [7, 11) is 0. The quantitative estimate of drug-likeness (QED) is 0.0344. The molecule has 0 saturated carbocycles. The number of rotatable bonds is 50. The van der Waals surface area contributed by atoms with Crippen LogP contribution in [0.5, 0.6) is 0 Å². The zero-order valence-electron chi connectivity index (χ0n) is 42.5. The average Bonchev–Trinajstić information content (AvgIpc) is 3.24. The highest BCUT2D eigenvalue weighted by atomic mass is 16.6. The Hall–Kier alpha value is -1.59. The minimum atomic E-state index is -0.762. The standard InChI is InChI=1S/C56H108O6/c1-6-7-8-9-10-11-12-13-19-22-25-31-36-41-46-54(57)60-49-53(50-61-55(58)47-42-37-32-28-27-30-35-40-45-52(4)5)62-56(59)48-43-38-33-26-23-20-17-15-14-16-18-21-24-29-34-39-44-51(2)3/h51-53H,6-50H2,1-5H3/t53-/m0/s1. The fourth-order valence-electron chi connectivity index (χ4n) is 8.52. The Morgan fingerprint density at radius 2 is 0.532 bits per heavy atom. The van der Waals surface area contributed by atoms with Crippen molar-refractivity contribution in [2.24, 2.45) is 11.8 Å². The Kier molecular flexibility index (Phi) is 47.6. The number of ether oxygens (including phenoxy) is 3. The smallest absolute Gasteiger partial charge is 0.306 e. The van der Waals surface area contributed by atoms with Crippen LogP contribution < -0.4 is 0 Å². The molecule has 0 fully saturated rings. The van der Waals surface area contributed by atoms with Crippen LogP contribution in [0.2, 0.25) is 0 Å². The Balaban J connectivity index is 4.27. The Morgan fingerprint density at radius 1 is 0.306 bits per heavy atom. The van der Waals surface area contributed by atoms with Crippen LogP contribution in [0.15, 0.2) is 0 Å². The topological polar surface area (TPSA) is 78.9 Å². The monoisotopic (exact) mass is 877 g/mol. The molecule has 0 amide bonds. The third-order valence-electron chi connectivity index (χ3n) is 12.7. The molecule has 0 aromatic rings. The van der Waals surface area contributed by atoms with E-state index < -0.39 is 6.10 Å². The zero-order valence-corrected chi connectivity index (χ0v) is 42.5. The molecule has 0 aromatic heterocycles. The van der Waals surface area contributed by atoms with Gasteiger partial charge in [-0.15, -0.1) is 0 Å². The maximum atomic E-state index is 12.8. The normalized spacial score (nSPS) is 12.0. The second-order valence-corrected chi connectivity index (χ2v) is 20.2. The van der Waals surface area contributed by atoms with Crippen LogP contribution in [0.4, 0.5) is 0 Å². The number of carbonyl (C=O) groups excluding carboxylic acids is 3. The van der Waals surface area contributed by atoms with Gasteiger partial charge >= 0.3 is 17.9 Å². The molecule has 368 valence electrons. The van der Waals surface area contributed by atoms with Crippen LogP contribution >= 0.6 is 0 Å². The molecule has 0 aliphatic carbocycles. The maximum Gasteiger partial charge on any atom is 0.306 e. The van der Waals surface area contributed by atoms with E-state index in [2.05, 4.69) is 34.6 Å². The van der Waals surface area contributed by atoms with Crippen LogP contribution in [-0.4, -0.2) is 37.2 Å². The van der Waals surface area contributed by atoms with Crippen molar-refractivity contribution >= 4 is 17.9 Å². The van der Waals surface area contributed by atoms with E-state index in [1.165, 1.54) is 199 Å². The molecule has 0 aromatic carbocycles. The number of hydrogen-bond acceptors (Lipinski definition) is 6. The van der Waals surface area contributed by atoms with Crippen LogP contribution in [0.3, 0.4) is 0 Å². The highest BCUT2D eigenvalue weighted by Crippen LogP contribution is 2.18. The third kappa shape index (κ3) is 49.4. The van der Waals surface area contributed by atoms with E-state index >= 15 is 0 Å². The molecular weight excluding hydrogens is 769 g/mol. The van der Waals surface area contributed by atoms with E-state index in [1.807, 2.05) is 0 Å². The van der Waals surface area contributed by atoms with Crippen molar-refractivity contribution in [3.05, 3.63) is 0 Å². The summed E-state index contributed by atoms with van der Waals surface area (Å²) in [4.78, 5) is 38.0. The summed E-state index contributed by atoms with van der Waals surface area (Å²) < 4.78 is 16.8. The minimum absolute atomic E-state index is 0.0633. The molecule has 0 aliphatic heterocycles. The van der Waals surface area contributed by atoms with E-state index in [9.17, 15) is 14.4 Å². The van der Waals surface area contributed by atoms with Crippen LogP contribution in [-0.2, 0) is 28.6 Å². The molecule has 0 N–H and O–H groups in total. The van der Waals surface area contributed by atoms with Crippen LogP contribution in [0, 0.1) is 11.8 Å². The van der Waals surface area contributed by atoms with E-state index in [1.54, 1.807) is 0 Å². The van der Waals surface area contributed by atoms with Crippen LogP contribution in [0.25, 0.3) is 0 Å². The lowest BCUT2D eigenvalue weighted by atomic mass is 10.0. The summed E-state index contributed by atoms with van der Waals surface area (Å²) in [6, 6.07) is 0. The fraction of sp³-hybridized carbons (Fsp3) is 0.946. The highest BCUT2D eigenvalue weighted by Gasteiger charge is 2.19. The van der Waals surface area contributed by atoms with Gasteiger partial charge in [-0.1, -0.05) is 272 Å². The highest BCUT2D eigenvalue weighted by molar-refractivity contribution is 5.71. The van der Waals surface area contributed by atoms with Gasteiger partial charge in [0.1, 0.15) is 13.2 Å². The van der Waals surface area contributed by atoms with Gasteiger partial charge in [0.05, 0.1) is 0 Å². The molecule has 0 rings (SSSR count). The Bertz CT molecular complexity index is 947. The summed E-state index contributed by atoms with van der Waals surface area (Å²) >= 11 is 0. The van der Waals surface area contributed by atoms with E-state index in [0.29, 0.717) is 19.3 Å². The van der Waals surface area contributed by atoms with Gasteiger partial charge in [0.2, 0.25) is 0 Å². The van der Waals surface area contributed by atoms with E-state index in [0.717, 1.165) is 69.6 Å². The molecular formula is C56H108O6. The van der Waals surface area contributed by atoms with Crippen molar-refractivity contribution in [2.75, 3.05) is 13.2 Å². The van der Waals surface area contributed by atoms with Gasteiger partial charge in [-0.2, -0.15) is 0 Å². The van der Waals surface area contributed by atoms with Crippen molar-refractivity contribution in [1.29, 1.82) is 0 Å². The van der Waals surface area contributed by atoms with Gasteiger partial charge in [0.25, 0.3) is 0 Å². The van der Waals surface area contributed by atoms with Gasteiger partial charge in [-0.3, -0.25) is 14.4 Å². The predicted octanol–water partition coefficient (Wildman–Crippen LogP) is 18.1. The lowest BCUT2D eigenvalue weighted by molar-refractivity contribution is -0.167. The summed E-state index contributed by atoms with van der Waals surface area (Å²) in [5, 5.41) is 0. The maximum absolute atomic E-state index is 12.8. The molecule has 1 atom stereocenters. The largest absolute Gasteiger partial charge is 0.462 e. The second kappa shape index (κ2) is 48.9. The number of carbonyl (C=O) groups is 3. The van der Waals surface area contributed by atoms with Crippen LogP contribution in [0.1, 0.15) is 311 Å². The van der Waals surface area contributed by atoms with Crippen molar-refractivity contribution in [3.63, 3.8) is 0 Å². The third-order valence-corrected chi connectivity index (χ3v) is 12.7. The number of hydrogen-bond donors (Lipinski definition) is 0. The molecule has 0 spiro atoms. The van der Waals surface area contributed by atoms with Crippen molar-refractivity contribution in [1.82, 2.24) is 0 Å². The molecule has 6 heteroatoms. The summed E-state index contributed by atoms with van der Waals surface area (Å²) in [6.45, 7) is 11.4. The first-order valence-corrected chi connectivity index (χ1v) is 27.7. The second-order valence-electron chi connectivity index (χ2n) is 20.2. The summed E-state index contributed by atoms with van der Waals surface area (Å²) in [5.74, 6) is 0.804. The molecule has 0 heterocycles. The molecule has 0 aliphatic rings. The van der Waals surface area contributed by atoms with E-state index in [4.69, 9.17) is 14.2 Å². The lowest BCUT2D eigenvalue weighted by Gasteiger charge is -2.18. The lowest BCUT2D eigenvalue weighted by Crippen LogP contribution is -2.30. The number of unbranched alkanes of at least 4 members (excludes halogenated alkanes) is 35. The Morgan fingerprint density at radius 3 is 0.790 bits per heavy atom. The van der Waals surface area contributed by atoms with Gasteiger partial charge in [0.15, 0.2) is 6.10 Å². The molecule has 0 bridgehead atoms. The van der Waals surface area contributed by atoms with Gasteiger partial charge in [-0.05, 0) is 31.1 Å². The first kappa shape index (κ1) is 60.4. The fourth-order valence-corrected chi connectivity index (χ4v) is 8.52.